The maximum atomic E-state index is 9.97. The second kappa shape index (κ2) is 3.32. The highest BCUT2D eigenvalue weighted by atomic mass is 16.3. The van der Waals surface area contributed by atoms with Crippen LogP contribution in [-0.4, -0.2) is 30.1 Å². The molecular weight excluding hydrogens is 230 g/mol. The highest BCUT2D eigenvalue weighted by Crippen LogP contribution is 2.42. The van der Waals surface area contributed by atoms with Crippen molar-refractivity contribution in [2.75, 3.05) is 0 Å². The number of hydrogen-bond acceptors (Lipinski definition) is 4. The van der Waals surface area contributed by atoms with Crippen LogP contribution in [0.1, 0.15) is 24.5 Å². The van der Waals surface area contributed by atoms with E-state index in [-0.39, 0.29) is 5.75 Å². The van der Waals surface area contributed by atoms with Gasteiger partial charge in [0.15, 0.2) is 0 Å². The summed E-state index contributed by atoms with van der Waals surface area (Å²) in [5.41, 5.74) is 3.32. The number of hydrogen-bond donors (Lipinski definition) is 2. The van der Waals surface area contributed by atoms with Crippen LogP contribution in [-0.2, 0) is 0 Å². The molecule has 0 amide bonds. The molecule has 18 heavy (non-hydrogen) atoms. The second-order valence-corrected chi connectivity index (χ2v) is 4.61. The minimum Gasteiger partial charge on any atom is -0.506 e. The number of fused-ring (bicyclic) bond motifs is 1. The number of nitrogens with zero attached hydrogens (tertiary/aromatic N) is 4. The minimum absolute atomic E-state index is 0.203. The Hall–Kier alpha value is -2.37. The Morgan fingerprint density at radius 3 is 3.06 bits per heavy atom. The van der Waals surface area contributed by atoms with E-state index in [9.17, 15) is 5.11 Å². The van der Waals surface area contributed by atoms with E-state index in [0.717, 1.165) is 29.8 Å². The first-order chi connectivity index (χ1) is 8.83. The third kappa shape index (κ3) is 1.32. The lowest BCUT2D eigenvalue weighted by Crippen LogP contribution is -1.91. The molecule has 0 atom stereocenters. The van der Waals surface area contributed by atoms with Crippen molar-refractivity contribution in [3.05, 3.63) is 30.2 Å². The average molecular weight is 241 g/mol. The third-order valence-electron chi connectivity index (χ3n) is 3.30. The second-order valence-electron chi connectivity index (χ2n) is 4.61. The van der Waals surface area contributed by atoms with Gasteiger partial charge in [0.05, 0.1) is 11.9 Å². The van der Waals surface area contributed by atoms with Gasteiger partial charge in [-0.2, -0.15) is 20.5 Å². The summed E-state index contributed by atoms with van der Waals surface area (Å²) >= 11 is 0. The summed E-state index contributed by atoms with van der Waals surface area (Å²) in [4.78, 5) is 0. The summed E-state index contributed by atoms with van der Waals surface area (Å²) in [5.74, 6) is 0.712. The number of aromatic amines is 1. The van der Waals surface area contributed by atoms with Gasteiger partial charge >= 0.3 is 0 Å². The Balaban J connectivity index is 1.92. The number of aromatic hydroxyl groups is 1. The van der Waals surface area contributed by atoms with Crippen molar-refractivity contribution in [3.63, 3.8) is 0 Å². The minimum atomic E-state index is 0.203. The zero-order valence-electron chi connectivity index (χ0n) is 9.54. The van der Waals surface area contributed by atoms with Crippen LogP contribution < -0.4 is 0 Å². The number of H-pyrrole nitrogens is 1. The molecular formula is C12H11N5O. The molecule has 90 valence electrons. The van der Waals surface area contributed by atoms with Crippen LogP contribution in [0.15, 0.2) is 24.5 Å². The number of nitrogens with one attached hydrogen (secondary N) is 1. The molecule has 0 aliphatic heterocycles. The molecule has 0 spiro atoms. The Morgan fingerprint density at radius 1 is 1.33 bits per heavy atom. The number of aromatic nitrogens is 5. The van der Waals surface area contributed by atoms with Crippen LogP contribution in [0.5, 0.6) is 5.75 Å². The highest BCUT2D eigenvalue weighted by Gasteiger charge is 2.30. The van der Waals surface area contributed by atoms with Gasteiger partial charge in [-0.1, -0.05) is 0 Å². The third-order valence-corrected chi connectivity index (χ3v) is 3.30. The molecule has 1 aliphatic carbocycles. The smallest absolute Gasteiger partial charge is 0.142 e. The van der Waals surface area contributed by atoms with Crippen molar-refractivity contribution in [2.45, 2.75) is 18.8 Å². The zero-order chi connectivity index (χ0) is 12.1. The van der Waals surface area contributed by atoms with Crippen molar-refractivity contribution >= 4 is 5.52 Å². The molecule has 1 saturated carbocycles. The van der Waals surface area contributed by atoms with Gasteiger partial charge in [0.2, 0.25) is 0 Å². The molecule has 3 aromatic rings. The SMILES string of the molecule is Oc1cc(-c2n[nH]nc2C2CC2)cn2nccc12. The molecule has 0 aromatic carbocycles. The van der Waals surface area contributed by atoms with Crippen molar-refractivity contribution in [2.24, 2.45) is 0 Å². The Kier molecular flexibility index (Phi) is 1.78. The van der Waals surface area contributed by atoms with Gasteiger partial charge in [0.25, 0.3) is 0 Å². The van der Waals surface area contributed by atoms with Gasteiger partial charge in [0, 0.05) is 17.7 Å². The van der Waals surface area contributed by atoms with Gasteiger partial charge < -0.3 is 5.11 Å². The van der Waals surface area contributed by atoms with E-state index in [1.807, 2.05) is 6.20 Å². The van der Waals surface area contributed by atoms with Crippen LogP contribution in [0.25, 0.3) is 16.8 Å². The molecule has 6 heteroatoms. The van der Waals surface area contributed by atoms with Gasteiger partial charge in [-0.25, -0.2) is 4.52 Å². The lowest BCUT2D eigenvalue weighted by molar-refractivity contribution is 0.478. The zero-order valence-corrected chi connectivity index (χ0v) is 9.54. The van der Waals surface area contributed by atoms with Crippen LogP contribution in [0.4, 0.5) is 0 Å². The largest absolute Gasteiger partial charge is 0.506 e. The van der Waals surface area contributed by atoms with E-state index in [4.69, 9.17) is 0 Å². The summed E-state index contributed by atoms with van der Waals surface area (Å²) in [6, 6.07) is 3.48. The molecule has 0 radical (unpaired) electrons. The summed E-state index contributed by atoms with van der Waals surface area (Å²) in [5, 5.41) is 25.2. The molecule has 0 unspecified atom stereocenters. The number of pyridine rings is 1. The molecule has 2 N–H and O–H groups in total. The fourth-order valence-corrected chi connectivity index (χ4v) is 2.23. The monoisotopic (exact) mass is 241 g/mol. The predicted molar refractivity (Wildman–Crippen MR) is 64.2 cm³/mol. The van der Waals surface area contributed by atoms with Crippen LogP contribution in [0.2, 0.25) is 0 Å². The van der Waals surface area contributed by atoms with E-state index in [1.54, 1.807) is 22.8 Å². The first-order valence-electron chi connectivity index (χ1n) is 5.90. The van der Waals surface area contributed by atoms with Crippen molar-refractivity contribution in [1.82, 2.24) is 25.0 Å². The summed E-state index contributed by atoms with van der Waals surface area (Å²) < 4.78 is 1.65. The molecule has 4 rings (SSSR count). The van der Waals surface area contributed by atoms with Crippen LogP contribution in [0.3, 0.4) is 0 Å². The normalized spacial score (nSPS) is 15.3. The van der Waals surface area contributed by atoms with Gasteiger partial charge in [-0.05, 0) is 25.0 Å². The molecule has 1 aliphatic rings. The van der Waals surface area contributed by atoms with Gasteiger partial charge in [-0.15, -0.1) is 0 Å². The average Bonchev–Trinajstić information content (AvgIpc) is 2.92. The van der Waals surface area contributed by atoms with Gasteiger partial charge in [-0.3, -0.25) is 0 Å². The molecule has 6 nitrogen and oxygen atoms in total. The lowest BCUT2D eigenvalue weighted by Gasteiger charge is -2.03. The molecule has 0 bridgehead atoms. The van der Waals surface area contributed by atoms with Crippen molar-refractivity contribution in [3.8, 4) is 17.0 Å². The Morgan fingerprint density at radius 2 is 2.22 bits per heavy atom. The van der Waals surface area contributed by atoms with E-state index in [2.05, 4.69) is 20.5 Å². The Bertz CT molecular complexity index is 725. The van der Waals surface area contributed by atoms with Gasteiger partial charge in [0.1, 0.15) is 17.0 Å². The summed E-state index contributed by atoms with van der Waals surface area (Å²) in [6.07, 6.45) is 5.84. The maximum absolute atomic E-state index is 9.97. The lowest BCUT2D eigenvalue weighted by atomic mass is 10.1. The van der Waals surface area contributed by atoms with Crippen molar-refractivity contribution < 1.29 is 5.11 Å². The van der Waals surface area contributed by atoms with E-state index >= 15 is 0 Å². The first-order valence-corrected chi connectivity index (χ1v) is 5.90. The topological polar surface area (TPSA) is 79.1 Å². The summed E-state index contributed by atoms with van der Waals surface area (Å²) in [6.45, 7) is 0. The molecule has 1 fully saturated rings. The summed E-state index contributed by atoms with van der Waals surface area (Å²) in [7, 11) is 0. The van der Waals surface area contributed by atoms with Crippen LogP contribution >= 0.6 is 0 Å². The molecule has 0 saturated heterocycles. The van der Waals surface area contributed by atoms with Crippen molar-refractivity contribution in [1.29, 1.82) is 0 Å². The highest BCUT2D eigenvalue weighted by molar-refractivity contribution is 5.69. The van der Waals surface area contributed by atoms with E-state index in [0.29, 0.717) is 11.4 Å². The molecule has 3 heterocycles. The standard InChI is InChI=1S/C12H11N5O/c18-10-5-8(6-17-9(10)3-4-13-17)12-11(7-1-2-7)14-16-15-12/h3-7,18H,1-2H2,(H,14,15,16). The predicted octanol–water partition coefficient (Wildman–Crippen LogP) is 1.70. The molecule has 3 aromatic heterocycles. The maximum Gasteiger partial charge on any atom is 0.142 e. The van der Waals surface area contributed by atoms with E-state index in [1.165, 1.54) is 0 Å². The number of rotatable bonds is 2. The fourth-order valence-electron chi connectivity index (χ4n) is 2.23. The quantitative estimate of drug-likeness (QED) is 0.715. The van der Waals surface area contributed by atoms with E-state index < -0.39 is 0 Å². The fraction of sp³-hybridized carbons (Fsp3) is 0.250. The van der Waals surface area contributed by atoms with Crippen LogP contribution in [0, 0.1) is 0 Å². The first kappa shape index (κ1) is 9.64. The Labute approximate surface area is 102 Å².